The molecule has 1 aliphatic heterocycles. The normalized spacial score (nSPS) is 15.9. The first-order valence-corrected chi connectivity index (χ1v) is 10.1. The molecular weight excluding hydrogens is 387 g/mol. The number of methoxy groups -OCH3 is 1. The van der Waals surface area contributed by atoms with Crippen molar-refractivity contribution in [2.24, 2.45) is 0 Å². The van der Waals surface area contributed by atoms with Crippen LogP contribution in [0.5, 0.6) is 5.75 Å². The molecule has 1 heterocycles. The molecule has 3 rings (SSSR count). The molecule has 1 N–H and O–H groups in total. The fourth-order valence-electron chi connectivity index (χ4n) is 3.43. The van der Waals surface area contributed by atoms with Gasteiger partial charge in [0.25, 0.3) is 5.91 Å². The fourth-order valence-corrected chi connectivity index (χ4v) is 3.43. The van der Waals surface area contributed by atoms with E-state index in [4.69, 9.17) is 9.47 Å². The van der Waals surface area contributed by atoms with Crippen LogP contribution in [0, 0.1) is 5.82 Å². The van der Waals surface area contributed by atoms with Gasteiger partial charge >= 0.3 is 0 Å². The van der Waals surface area contributed by atoms with E-state index < -0.39 is 6.10 Å². The van der Waals surface area contributed by atoms with E-state index in [1.54, 1.807) is 36.3 Å². The van der Waals surface area contributed by atoms with Crippen molar-refractivity contribution in [1.29, 1.82) is 0 Å². The van der Waals surface area contributed by atoms with Crippen molar-refractivity contribution in [2.45, 2.75) is 38.8 Å². The molecule has 7 heteroatoms. The number of nitrogens with one attached hydrogen (secondary N) is 1. The lowest BCUT2D eigenvalue weighted by Crippen LogP contribution is -2.40. The van der Waals surface area contributed by atoms with E-state index in [1.165, 1.54) is 12.1 Å². The van der Waals surface area contributed by atoms with Crippen LogP contribution in [0.2, 0.25) is 0 Å². The number of ether oxygens (including phenoxy) is 2. The molecule has 0 aliphatic carbocycles. The number of rotatable bonds is 8. The first kappa shape index (κ1) is 21.8. The molecule has 30 heavy (non-hydrogen) atoms. The first-order chi connectivity index (χ1) is 14.5. The molecule has 0 saturated heterocycles. The second-order valence-electron chi connectivity index (χ2n) is 7.29. The summed E-state index contributed by atoms with van der Waals surface area (Å²) in [4.78, 5) is 27.0. The summed E-state index contributed by atoms with van der Waals surface area (Å²) in [5.74, 6) is 0.0862. The van der Waals surface area contributed by atoms with E-state index in [0.717, 1.165) is 17.5 Å². The van der Waals surface area contributed by atoms with E-state index in [-0.39, 0.29) is 24.1 Å². The average Bonchev–Trinajstić information content (AvgIpc) is 2.86. The molecule has 0 spiro atoms. The van der Waals surface area contributed by atoms with Crippen molar-refractivity contribution in [1.82, 2.24) is 4.90 Å². The van der Waals surface area contributed by atoms with Gasteiger partial charge in [0.15, 0.2) is 6.10 Å². The minimum atomic E-state index is -0.521. The fraction of sp³-hybridized carbons (Fsp3) is 0.391. The smallest absolute Gasteiger partial charge is 0.263 e. The lowest BCUT2D eigenvalue weighted by atomic mass is 10.1. The first-order valence-electron chi connectivity index (χ1n) is 10.1. The maximum absolute atomic E-state index is 13.0. The Kier molecular flexibility index (Phi) is 7.41. The Morgan fingerprint density at radius 2 is 2.03 bits per heavy atom. The third-order valence-electron chi connectivity index (χ3n) is 4.99. The molecule has 0 fully saturated rings. The molecule has 0 radical (unpaired) electrons. The van der Waals surface area contributed by atoms with Gasteiger partial charge in [0, 0.05) is 38.1 Å². The summed E-state index contributed by atoms with van der Waals surface area (Å²) in [5.41, 5.74) is 2.20. The van der Waals surface area contributed by atoms with Crippen molar-refractivity contribution >= 4 is 17.5 Å². The lowest BCUT2D eigenvalue weighted by molar-refractivity contribution is -0.138. The zero-order chi connectivity index (χ0) is 21.5. The number of benzene rings is 2. The molecule has 2 amide bonds. The zero-order valence-corrected chi connectivity index (χ0v) is 17.3. The lowest BCUT2D eigenvalue weighted by Gasteiger charge is -2.23. The average molecular weight is 414 g/mol. The monoisotopic (exact) mass is 414 g/mol. The van der Waals surface area contributed by atoms with Crippen LogP contribution < -0.4 is 10.1 Å². The standard InChI is InChI=1S/C23H27FN2O4/c1-3-20-23(28)26(11-4-12-29-2)15-17-14-19(9-10-21(17)30-20)25-22(27)13-16-5-7-18(24)8-6-16/h5-10,14,20H,3-4,11-13,15H2,1-2H3,(H,25,27). The molecule has 2 aromatic carbocycles. The van der Waals surface area contributed by atoms with E-state index in [2.05, 4.69) is 5.32 Å². The molecule has 1 aliphatic rings. The molecule has 2 aromatic rings. The predicted octanol–water partition coefficient (Wildman–Crippen LogP) is 3.54. The Labute approximate surface area is 176 Å². The van der Waals surface area contributed by atoms with Crippen LogP contribution in [0.3, 0.4) is 0 Å². The molecule has 0 bridgehead atoms. The van der Waals surface area contributed by atoms with Gasteiger partial charge in [-0.3, -0.25) is 9.59 Å². The number of amides is 2. The van der Waals surface area contributed by atoms with Crippen LogP contribution in [0.25, 0.3) is 0 Å². The minimum absolute atomic E-state index is 0.0355. The summed E-state index contributed by atoms with van der Waals surface area (Å²) in [6, 6.07) is 11.2. The molecule has 0 saturated carbocycles. The van der Waals surface area contributed by atoms with Crippen molar-refractivity contribution in [3.63, 3.8) is 0 Å². The number of carbonyl (C=O) groups is 2. The summed E-state index contributed by atoms with van der Waals surface area (Å²) < 4.78 is 24.1. The zero-order valence-electron chi connectivity index (χ0n) is 17.3. The Bertz CT molecular complexity index is 885. The summed E-state index contributed by atoms with van der Waals surface area (Å²) in [6.07, 6.45) is 0.942. The Hall–Kier alpha value is -2.93. The Balaban J connectivity index is 1.72. The van der Waals surface area contributed by atoms with Crippen molar-refractivity contribution < 1.29 is 23.5 Å². The number of hydrogen-bond acceptors (Lipinski definition) is 4. The van der Waals surface area contributed by atoms with Crippen LogP contribution in [0.15, 0.2) is 42.5 Å². The third kappa shape index (κ3) is 5.57. The van der Waals surface area contributed by atoms with Gasteiger partial charge in [-0.2, -0.15) is 0 Å². The molecule has 160 valence electrons. The van der Waals surface area contributed by atoms with Gasteiger partial charge in [0.05, 0.1) is 6.42 Å². The van der Waals surface area contributed by atoms with Gasteiger partial charge in [-0.25, -0.2) is 4.39 Å². The Morgan fingerprint density at radius 3 is 2.73 bits per heavy atom. The highest BCUT2D eigenvalue weighted by atomic mass is 19.1. The summed E-state index contributed by atoms with van der Waals surface area (Å²) in [6.45, 7) is 3.49. The topological polar surface area (TPSA) is 67.9 Å². The van der Waals surface area contributed by atoms with Gasteiger partial charge in [-0.1, -0.05) is 19.1 Å². The highest BCUT2D eigenvalue weighted by Crippen LogP contribution is 2.29. The quantitative estimate of drug-likeness (QED) is 0.671. The highest BCUT2D eigenvalue weighted by molar-refractivity contribution is 5.92. The largest absolute Gasteiger partial charge is 0.480 e. The number of hydrogen-bond donors (Lipinski definition) is 1. The number of anilines is 1. The van der Waals surface area contributed by atoms with Gasteiger partial charge < -0.3 is 19.7 Å². The van der Waals surface area contributed by atoms with E-state index >= 15 is 0 Å². The minimum Gasteiger partial charge on any atom is -0.480 e. The maximum Gasteiger partial charge on any atom is 0.263 e. The van der Waals surface area contributed by atoms with Crippen LogP contribution in [-0.2, 0) is 27.3 Å². The van der Waals surface area contributed by atoms with Crippen LogP contribution in [0.1, 0.15) is 30.9 Å². The van der Waals surface area contributed by atoms with Crippen LogP contribution >= 0.6 is 0 Å². The molecule has 1 atom stereocenters. The number of halogens is 1. The molecule has 0 aromatic heterocycles. The SMILES string of the molecule is CCC1Oc2ccc(NC(=O)Cc3ccc(F)cc3)cc2CN(CCCOC)C1=O. The third-order valence-corrected chi connectivity index (χ3v) is 4.99. The predicted molar refractivity (Wildman–Crippen MR) is 112 cm³/mol. The van der Waals surface area contributed by atoms with Gasteiger partial charge in [0.1, 0.15) is 11.6 Å². The number of fused-ring (bicyclic) bond motifs is 1. The van der Waals surface area contributed by atoms with E-state index in [1.807, 2.05) is 13.0 Å². The summed E-state index contributed by atoms with van der Waals surface area (Å²) in [7, 11) is 1.64. The van der Waals surface area contributed by atoms with Crippen molar-refractivity contribution in [3.05, 3.63) is 59.4 Å². The van der Waals surface area contributed by atoms with Gasteiger partial charge in [-0.15, -0.1) is 0 Å². The maximum atomic E-state index is 13.0. The molecule has 6 nitrogen and oxygen atoms in total. The van der Waals surface area contributed by atoms with Crippen molar-refractivity contribution in [2.75, 3.05) is 25.6 Å². The molecule has 1 unspecified atom stereocenters. The van der Waals surface area contributed by atoms with E-state index in [9.17, 15) is 14.0 Å². The van der Waals surface area contributed by atoms with Crippen LogP contribution in [0.4, 0.5) is 10.1 Å². The second kappa shape index (κ2) is 10.2. The van der Waals surface area contributed by atoms with Gasteiger partial charge in [0.2, 0.25) is 5.91 Å². The van der Waals surface area contributed by atoms with Gasteiger partial charge in [-0.05, 0) is 48.7 Å². The summed E-state index contributed by atoms with van der Waals surface area (Å²) in [5, 5.41) is 2.87. The van der Waals surface area contributed by atoms with E-state index in [0.29, 0.717) is 37.6 Å². The molecular formula is C23H27FN2O4. The Morgan fingerprint density at radius 1 is 1.27 bits per heavy atom. The number of nitrogens with zero attached hydrogens (tertiary/aromatic N) is 1. The summed E-state index contributed by atoms with van der Waals surface area (Å²) >= 11 is 0. The second-order valence-corrected chi connectivity index (χ2v) is 7.29. The van der Waals surface area contributed by atoms with Crippen LogP contribution in [-0.4, -0.2) is 43.1 Å². The number of carbonyl (C=O) groups excluding carboxylic acids is 2. The highest BCUT2D eigenvalue weighted by Gasteiger charge is 2.29. The van der Waals surface area contributed by atoms with Crippen molar-refractivity contribution in [3.8, 4) is 5.75 Å².